The fourth-order valence-corrected chi connectivity index (χ4v) is 3.30. The minimum Gasteiger partial charge on any atom is -0.294 e. The van der Waals surface area contributed by atoms with Crippen molar-refractivity contribution in [3.8, 4) is 11.8 Å². The summed E-state index contributed by atoms with van der Waals surface area (Å²) in [5.74, 6) is 1.06. The Bertz CT molecular complexity index is 880. The van der Waals surface area contributed by atoms with Crippen LogP contribution in [0, 0.1) is 11.3 Å². The molecule has 3 rings (SSSR count). The molecule has 0 aliphatic heterocycles. The fourth-order valence-electron chi connectivity index (χ4n) is 2.22. The smallest absolute Gasteiger partial charge is 0.129 e. The number of hydrogen-bond acceptors (Lipinski definition) is 2. The summed E-state index contributed by atoms with van der Waals surface area (Å²) in [4.78, 5) is 4.57. The van der Waals surface area contributed by atoms with E-state index in [9.17, 15) is 0 Å². The second kappa shape index (κ2) is 5.80. The van der Waals surface area contributed by atoms with Crippen LogP contribution in [-0.4, -0.2) is 9.55 Å². The minimum absolute atomic E-state index is 0.304. The van der Waals surface area contributed by atoms with E-state index in [0.717, 1.165) is 31.5 Å². The van der Waals surface area contributed by atoms with E-state index in [2.05, 4.69) is 42.9 Å². The highest BCUT2D eigenvalue weighted by Gasteiger charge is 2.14. The molecule has 0 unspecified atom stereocenters. The molecule has 1 aromatic heterocycles. The number of benzene rings is 2. The molecular weight excluding hydrogens is 417 g/mol. The predicted molar refractivity (Wildman–Crippen MR) is 90.7 cm³/mol. The molecule has 104 valence electrons. The van der Waals surface area contributed by atoms with Gasteiger partial charge in [-0.25, -0.2) is 4.98 Å². The molecule has 0 spiro atoms. The van der Waals surface area contributed by atoms with Gasteiger partial charge < -0.3 is 0 Å². The van der Waals surface area contributed by atoms with E-state index in [4.69, 9.17) is 16.9 Å². The largest absolute Gasteiger partial charge is 0.294 e. The maximum atomic E-state index is 8.97. The van der Waals surface area contributed by atoms with Crippen molar-refractivity contribution >= 4 is 54.5 Å². The molecule has 1 heterocycles. The molecule has 6 heteroatoms. The van der Waals surface area contributed by atoms with Gasteiger partial charge in [-0.15, -0.1) is 11.6 Å². The van der Waals surface area contributed by atoms with Crippen LogP contribution in [0.15, 0.2) is 45.3 Å². The summed E-state index contributed by atoms with van der Waals surface area (Å²) in [7, 11) is 0. The van der Waals surface area contributed by atoms with E-state index in [1.807, 2.05) is 28.8 Å². The molecule has 0 aliphatic rings. The Morgan fingerprint density at radius 2 is 2.00 bits per heavy atom. The zero-order valence-electron chi connectivity index (χ0n) is 10.6. The molecule has 2 aromatic carbocycles. The summed E-state index contributed by atoms with van der Waals surface area (Å²) in [6, 6.07) is 13.5. The number of nitrogens with zero attached hydrogens (tertiary/aromatic N) is 3. The molecule has 0 bridgehead atoms. The summed E-state index contributed by atoms with van der Waals surface area (Å²) in [6.07, 6.45) is 0. The first-order chi connectivity index (χ1) is 10.1. The van der Waals surface area contributed by atoms with Crippen LogP contribution < -0.4 is 0 Å². The van der Waals surface area contributed by atoms with Crippen LogP contribution in [0.3, 0.4) is 0 Å². The lowest BCUT2D eigenvalue weighted by Crippen LogP contribution is -2.00. The Balaban J connectivity index is 2.31. The molecule has 3 nitrogen and oxygen atoms in total. The summed E-state index contributed by atoms with van der Waals surface area (Å²) in [6.45, 7) is 0. The third-order valence-electron chi connectivity index (χ3n) is 3.12. The van der Waals surface area contributed by atoms with Crippen molar-refractivity contribution in [2.75, 3.05) is 0 Å². The molecule has 0 atom stereocenters. The third-order valence-corrected chi connectivity index (χ3v) is 4.49. The first-order valence-electron chi connectivity index (χ1n) is 6.07. The van der Waals surface area contributed by atoms with Crippen LogP contribution in [0.25, 0.3) is 16.7 Å². The van der Waals surface area contributed by atoms with E-state index < -0.39 is 0 Å². The molecule has 0 N–H and O–H groups in total. The molecule has 21 heavy (non-hydrogen) atoms. The Kier molecular flexibility index (Phi) is 4.03. The zero-order valence-corrected chi connectivity index (χ0v) is 14.6. The normalized spacial score (nSPS) is 10.8. The first kappa shape index (κ1) is 14.6. The number of halogens is 3. The summed E-state index contributed by atoms with van der Waals surface area (Å²) < 4.78 is 3.80. The number of hydrogen-bond donors (Lipinski definition) is 0. The molecule has 0 saturated carbocycles. The maximum absolute atomic E-state index is 8.97. The number of rotatable bonds is 2. The van der Waals surface area contributed by atoms with Crippen molar-refractivity contribution in [3.63, 3.8) is 0 Å². The van der Waals surface area contributed by atoms with E-state index in [-0.39, 0.29) is 0 Å². The predicted octanol–water partition coefficient (Wildman–Crippen LogP) is 5.16. The molecule has 0 radical (unpaired) electrons. The average molecular weight is 426 g/mol. The standard InChI is InChI=1S/C15H8Br2ClN3/c16-10-2-4-14-12(6-10)20-15(7-18)21(14)13-3-1-9(8-19)5-11(13)17/h1-6H,7H2. The quantitative estimate of drug-likeness (QED) is 0.532. The first-order valence-corrected chi connectivity index (χ1v) is 8.19. The number of fused-ring (bicyclic) bond motifs is 1. The topological polar surface area (TPSA) is 41.6 Å². The lowest BCUT2D eigenvalue weighted by Gasteiger charge is -2.10. The van der Waals surface area contributed by atoms with Gasteiger partial charge in [-0.1, -0.05) is 15.9 Å². The van der Waals surface area contributed by atoms with Gasteiger partial charge in [0, 0.05) is 8.95 Å². The Hall–Kier alpha value is -1.35. The van der Waals surface area contributed by atoms with Gasteiger partial charge >= 0.3 is 0 Å². The van der Waals surface area contributed by atoms with Crippen molar-refractivity contribution in [2.24, 2.45) is 0 Å². The fraction of sp³-hybridized carbons (Fsp3) is 0.0667. The van der Waals surface area contributed by atoms with Gasteiger partial charge in [-0.3, -0.25) is 4.57 Å². The van der Waals surface area contributed by atoms with Crippen LogP contribution in [0.1, 0.15) is 11.4 Å². The van der Waals surface area contributed by atoms with Gasteiger partial charge in [0.05, 0.1) is 34.2 Å². The monoisotopic (exact) mass is 423 g/mol. The number of aromatic nitrogens is 2. The SMILES string of the molecule is N#Cc1ccc(-n2c(CCl)nc3cc(Br)ccc32)c(Br)c1. The van der Waals surface area contributed by atoms with Crippen LogP contribution in [-0.2, 0) is 5.88 Å². The van der Waals surface area contributed by atoms with Gasteiger partial charge in [0.2, 0.25) is 0 Å². The van der Waals surface area contributed by atoms with Crippen molar-refractivity contribution in [1.82, 2.24) is 9.55 Å². The Labute approximate surface area is 143 Å². The summed E-state index contributed by atoms with van der Waals surface area (Å²) >= 11 is 13.0. The third kappa shape index (κ3) is 2.59. The Morgan fingerprint density at radius 3 is 2.67 bits per heavy atom. The molecule has 0 fully saturated rings. The van der Waals surface area contributed by atoms with Crippen molar-refractivity contribution < 1.29 is 0 Å². The highest BCUT2D eigenvalue weighted by atomic mass is 79.9. The lowest BCUT2D eigenvalue weighted by atomic mass is 10.2. The molecule has 3 aromatic rings. The molecule has 0 amide bonds. The zero-order chi connectivity index (χ0) is 15.0. The second-order valence-corrected chi connectivity index (χ2v) is 6.45. The molecular formula is C15H8Br2ClN3. The van der Waals surface area contributed by atoms with Gasteiger partial charge in [0.1, 0.15) is 5.82 Å². The van der Waals surface area contributed by atoms with Gasteiger partial charge in [-0.2, -0.15) is 5.26 Å². The van der Waals surface area contributed by atoms with Gasteiger partial charge in [0.15, 0.2) is 0 Å². The highest BCUT2D eigenvalue weighted by molar-refractivity contribution is 9.10. The van der Waals surface area contributed by atoms with Crippen molar-refractivity contribution in [3.05, 3.63) is 56.7 Å². The van der Waals surface area contributed by atoms with Crippen LogP contribution in [0.5, 0.6) is 0 Å². The van der Waals surface area contributed by atoms with Gasteiger partial charge in [0.25, 0.3) is 0 Å². The van der Waals surface area contributed by atoms with Crippen LogP contribution in [0.4, 0.5) is 0 Å². The highest BCUT2D eigenvalue weighted by Crippen LogP contribution is 2.30. The molecule has 0 aliphatic carbocycles. The minimum atomic E-state index is 0.304. The lowest BCUT2D eigenvalue weighted by molar-refractivity contribution is 0.977. The summed E-state index contributed by atoms with van der Waals surface area (Å²) in [5.41, 5.74) is 3.36. The van der Waals surface area contributed by atoms with E-state index >= 15 is 0 Å². The van der Waals surface area contributed by atoms with Crippen LogP contribution >= 0.6 is 43.5 Å². The number of alkyl halides is 1. The van der Waals surface area contributed by atoms with Crippen molar-refractivity contribution in [1.29, 1.82) is 5.26 Å². The van der Waals surface area contributed by atoms with E-state index in [1.54, 1.807) is 12.1 Å². The van der Waals surface area contributed by atoms with Crippen LogP contribution in [0.2, 0.25) is 0 Å². The second-order valence-electron chi connectivity index (χ2n) is 4.41. The number of nitriles is 1. The van der Waals surface area contributed by atoms with E-state index in [1.165, 1.54) is 0 Å². The Morgan fingerprint density at radius 1 is 1.19 bits per heavy atom. The van der Waals surface area contributed by atoms with E-state index in [0.29, 0.717) is 11.4 Å². The molecule has 0 saturated heterocycles. The maximum Gasteiger partial charge on any atom is 0.129 e. The summed E-state index contributed by atoms with van der Waals surface area (Å²) in [5, 5.41) is 8.97. The number of imidazole rings is 1. The van der Waals surface area contributed by atoms with Gasteiger partial charge in [-0.05, 0) is 52.3 Å². The average Bonchev–Trinajstić information content (AvgIpc) is 2.84. The van der Waals surface area contributed by atoms with Crippen molar-refractivity contribution in [2.45, 2.75) is 5.88 Å².